The van der Waals surface area contributed by atoms with Gasteiger partial charge in [0, 0.05) is 31.7 Å². The number of hydrogen-bond acceptors (Lipinski definition) is 3. The van der Waals surface area contributed by atoms with E-state index in [1.807, 2.05) is 20.8 Å². The Balaban J connectivity index is 0.00000420. The van der Waals surface area contributed by atoms with Gasteiger partial charge in [0.1, 0.15) is 0 Å². The molecule has 1 aromatic rings. The Morgan fingerprint density at radius 2 is 1.79 bits per heavy atom. The molecule has 1 amide bonds. The average molecular weight is 515 g/mol. The molecule has 1 saturated heterocycles. The molecule has 6 nitrogen and oxygen atoms in total. The van der Waals surface area contributed by atoms with Gasteiger partial charge in [0.05, 0.1) is 6.54 Å². The molecule has 1 heterocycles. The van der Waals surface area contributed by atoms with Crippen LogP contribution in [0.25, 0.3) is 0 Å². The van der Waals surface area contributed by atoms with Crippen molar-refractivity contribution in [2.45, 2.75) is 71.6 Å². The third-order valence-corrected chi connectivity index (χ3v) is 4.96. The second-order valence-corrected chi connectivity index (χ2v) is 8.71. The summed E-state index contributed by atoms with van der Waals surface area (Å²) in [6.45, 7) is 11.3. The van der Waals surface area contributed by atoms with Crippen LogP contribution < -0.4 is 16.0 Å². The van der Waals surface area contributed by atoms with E-state index < -0.39 is 0 Å². The summed E-state index contributed by atoms with van der Waals surface area (Å²) in [7, 11) is 1.71. The van der Waals surface area contributed by atoms with E-state index in [0.29, 0.717) is 18.5 Å². The molecule has 1 unspecified atom stereocenters. The Bertz CT molecular complexity index is 654. The van der Waals surface area contributed by atoms with Crippen molar-refractivity contribution in [2.75, 3.05) is 20.1 Å². The first-order valence-corrected chi connectivity index (χ1v) is 10.3. The fourth-order valence-corrected chi connectivity index (χ4v) is 3.42. The molecule has 1 atom stereocenters. The van der Waals surface area contributed by atoms with Crippen molar-refractivity contribution in [3.8, 4) is 0 Å². The number of piperidine rings is 1. The number of benzene rings is 1. The predicted molar refractivity (Wildman–Crippen MR) is 132 cm³/mol. The summed E-state index contributed by atoms with van der Waals surface area (Å²) >= 11 is 0. The van der Waals surface area contributed by atoms with Crippen LogP contribution in [0.2, 0.25) is 0 Å². The normalized spacial score (nSPS) is 18.0. The van der Waals surface area contributed by atoms with Gasteiger partial charge in [0.15, 0.2) is 5.96 Å². The lowest BCUT2D eigenvalue weighted by Gasteiger charge is -2.33. The van der Waals surface area contributed by atoms with Crippen LogP contribution >= 0.6 is 24.0 Å². The number of halogens is 1. The number of nitrogens with zero attached hydrogens (tertiary/aromatic N) is 2. The second kappa shape index (κ2) is 12.4. The molecule has 29 heavy (non-hydrogen) atoms. The number of hydrogen-bond donors (Lipinski definition) is 3. The summed E-state index contributed by atoms with van der Waals surface area (Å²) in [6.07, 6.45) is 3.98. The standard InChI is InChI=1S/C22H37N5O.HI/c1-17-8-6-7-13-27(17)16-19-11-9-18(10-12-19)14-24-21(23-5)25-15-20(28)26-22(2,3)4;/h9-12,17H,6-8,13-16H2,1-5H3,(H,26,28)(H2,23,24,25);1H. The average Bonchev–Trinajstić information content (AvgIpc) is 2.63. The zero-order valence-electron chi connectivity index (χ0n) is 18.5. The van der Waals surface area contributed by atoms with E-state index in [9.17, 15) is 4.79 Å². The van der Waals surface area contributed by atoms with E-state index in [-0.39, 0.29) is 42.0 Å². The van der Waals surface area contributed by atoms with Crippen molar-refractivity contribution < 1.29 is 4.79 Å². The highest BCUT2D eigenvalue weighted by molar-refractivity contribution is 14.0. The van der Waals surface area contributed by atoms with Crippen LogP contribution in [-0.2, 0) is 17.9 Å². The van der Waals surface area contributed by atoms with Crippen molar-refractivity contribution in [2.24, 2.45) is 4.99 Å². The Morgan fingerprint density at radius 3 is 2.38 bits per heavy atom. The molecular formula is C22H38IN5O. The molecule has 3 N–H and O–H groups in total. The summed E-state index contributed by atoms with van der Waals surface area (Å²) in [6, 6.07) is 9.43. The predicted octanol–water partition coefficient (Wildman–Crippen LogP) is 3.26. The van der Waals surface area contributed by atoms with Gasteiger partial charge in [0.2, 0.25) is 5.91 Å². The number of nitrogens with one attached hydrogen (secondary N) is 3. The summed E-state index contributed by atoms with van der Waals surface area (Å²) in [5.41, 5.74) is 2.32. The van der Waals surface area contributed by atoms with Gasteiger partial charge in [-0.15, -0.1) is 24.0 Å². The lowest BCUT2D eigenvalue weighted by Crippen LogP contribution is -2.48. The molecule has 0 aliphatic carbocycles. The summed E-state index contributed by atoms with van der Waals surface area (Å²) in [5.74, 6) is 0.571. The van der Waals surface area contributed by atoms with Crippen LogP contribution in [0.5, 0.6) is 0 Å². The van der Waals surface area contributed by atoms with Crippen LogP contribution in [0, 0.1) is 0 Å². The minimum atomic E-state index is -0.233. The molecule has 0 saturated carbocycles. The highest BCUT2D eigenvalue weighted by Gasteiger charge is 2.18. The van der Waals surface area contributed by atoms with Crippen LogP contribution in [0.4, 0.5) is 0 Å². The van der Waals surface area contributed by atoms with E-state index in [4.69, 9.17) is 0 Å². The molecule has 1 aliphatic heterocycles. The Hall–Kier alpha value is -1.35. The van der Waals surface area contributed by atoms with Crippen molar-refractivity contribution in [3.05, 3.63) is 35.4 Å². The van der Waals surface area contributed by atoms with Crippen molar-refractivity contribution in [1.29, 1.82) is 0 Å². The molecule has 7 heteroatoms. The molecule has 0 bridgehead atoms. The molecular weight excluding hydrogens is 477 g/mol. The van der Waals surface area contributed by atoms with E-state index in [2.05, 4.69) is 57.0 Å². The summed E-state index contributed by atoms with van der Waals surface area (Å²) < 4.78 is 0. The Kier molecular flexibility index (Phi) is 11.0. The van der Waals surface area contributed by atoms with E-state index in [1.54, 1.807) is 7.05 Å². The van der Waals surface area contributed by atoms with Crippen molar-refractivity contribution in [1.82, 2.24) is 20.9 Å². The molecule has 164 valence electrons. The van der Waals surface area contributed by atoms with Gasteiger partial charge in [-0.3, -0.25) is 14.7 Å². The molecule has 0 spiro atoms. The van der Waals surface area contributed by atoms with Gasteiger partial charge in [-0.05, 0) is 58.2 Å². The quantitative estimate of drug-likeness (QED) is 0.309. The number of carbonyl (C=O) groups is 1. The SMILES string of the molecule is CN=C(NCC(=O)NC(C)(C)C)NCc1ccc(CN2CCCCC2C)cc1.I. The van der Waals surface area contributed by atoms with Crippen LogP contribution in [0.3, 0.4) is 0 Å². The number of amides is 1. The number of likely N-dealkylation sites (tertiary alicyclic amines) is 1. The fourth-order valence-electron chi connectivity index (χ4n) is 3.42. The van der Waals surface area contributed by atoms with Crippen molar-refractivity contribution in [3.63, 3.8) is 0 Å². The maximum atomic E-state index is 11.9. The topological polar surface area (TPSA) is 68.8 Å². The fraction of sp³-hybridized carbons (Fsp3) is 0.636. The second-order valence-electron chi connectivity index (χ2n) is 8.71. The first-order valence-electron chi connectivity index (χ1n) is 10.3. The maximum absolute atomic E-state index is 11.9. The van der Waals surface area contributed by atoms with E-state index in [1.165, 1.54) is 36.9 Å². The van der Waals surface area contributed by atoms with Gasteiger partial charge in [0.25, 0.3) is 0 Å². The monoisotopic (exact) mass is 515 g/mol. The molecule has 1 fully saturated rings. The minimum Gasteiger partial charge on any atom is -0.352 e. The summed E-state index contributed by atoms with van der Waals surface area (Å²) in [5, 5.41) is 9.24. The van der Waals surface area contributed by atoms with Gasteiger partial charge in [-0.2, -0.15) is 0 Å². The number of guanidine groups is 1. The number of rotatable bonds is 6. The van der Waals surface area contributed by atoms with Gasteiger partial charge in [-0.25, -0.2) is 0 Å². The van der Waals surface area contributed by atoms with Gasteiger partial charge < -0.3 is 16.0 Å². The summed E-state index contributed by atoms with van der Waals surface area (Å²) in [4.78, 5) is 18.7. The van der Waals surface area contributed by atoms with Crippen LogP contribution in [0.1, 0.15) is 58.1 Å². The molecule has 0 aromatic heterocycles. The maximum Gasteiger partial charge on any atom is 0.239 e. The minimum absolute atomic E-state index is 0. The smallest absolute Gasteiger partial charge is 0.239 e. The zero-order chi connectivity index (χ0) is 20.6. The van der Waals surface area contributed by atoms with E-state index >= 15 is 0 Å². The Labute approximate surface area is 193 Å². The zero-order valence-corrected chi connectivity index (χ0v) is 20.9. The van der Waals surface area contributed by atoms with Crippen LogP contribution in [-0.4, -0.2) is 48.5 Å². The molecule has 1 aromatic carbocycles. The lowest BCUT2D eigenvalue weighted by molar-refractivity contribution is -0.121. The largest absolute Gasteiger partial charge is 0.352 e. The van der Waals surface area contributed by atoms with Crippen molar-refractivity contribution >= 4 is 35.8 Å². The first kappa shape index (κ1) is 25.7. The molecule has 1 aliphatic rings. The van der Waals surface area contributed by atoms with Crippen LogP contribution in [0.15, 0.2) is 29.3 Å². The first-order chi connectivity index (χ1) is 13.3. The molecule has 0 radical (unpaired) electrons. The number of aliphatic imine (C=N–C) groups is 1. The third-order valence-electron chi connectivity index (χ3n) is 4.96. The number of carbonyl (C=O) groups excluding carboxylic acids is 1. The Morgan fingerprint density at radius 1 is 1.14 bits per heavy atom. The molecule has 2 rings (SSSR count). The lowest BCUT2D eigenvalue weighted by atomic mass is 10.0. The highest BCUT2D eigenvalue weighted by atomic mass is 127. The third kappa shape index (κ3) is 9.80. The highest BCUT2D eigenvalue weighted by Crippen LogP contribution is 2.19. The van der Waals surface area contributed by atoms with Gasteiger partial charge >= 0.3 is 0 Å². The van der Waals surface area contributed by atoms with Gasteiger partial charge in [-0.1, -0.05) is 30.7 Å². The van der Waals surface area contributed by atoms with E-state index in [0.717, 1.165) is 6.54 Å².